The Labute approximate surface area is 99.2 Å². The maximum absolute atomic E-state index is 12.0. The monoisotopic (exact) mass is 227 g/mol. The number of nitrogens with zero attached hydrogens (tertiary/aromatic N) is 1. The molecule has 3 rings (SSSR count). The Morgan fingerprint density at radius 1 is 1.24 bits per heavy atom. The van der Waals surface area contributed by atoms with Crippen molar-refractivity contribution in [3.05, 3.63) is 54.4 Å². The molecule has 2 heterocycles. The normalized spacial score (nSPS) is 17.3. The second-order valence-corrected chi connectivity index (χ2v) is 4.12. The summed E-state index contributed by atoms with van der Waals surface area (Å²) in [6.07, 6.45) is 4.35. The summed E-state index contributed by atoms with van der Waals surface area (Å²) in [6.45, 7) is 0. The molecule has 1 aromatic carbocycles. The molecule has 0 radical (unpaired) electrons. The number of benzene rings is 1. The number of rotatable bonds is 2. The van der Waals surface area contributed by atoms with Gasteiger partial charge in [0.2, 0.25) is 0 Å². The second kappa shape index (κ2) is 3.97. The van der Waals surface area contributed by atoms with E-state index in [4.69, 9.17) is 0 Å². The third-order valence-corrected chi connectivity index (χ3v) is 2.93. The number of nitrogens with one attached hydrogen (secondary N) is 2. The Bertz CT molecular complexity index is 508. The first-order chi connectivity index (χ1) is 8.33. The smallest absolute Gasteiger partial charge is 0.261 e. The molecule has 2 aromatic rings. The molecule has 2 N–H and O–H groups in total. The topological polar surface area (TPSA) is 46.1 Å². The quantitative estimate of drug-likeness (QED) is 0.818. The maximum atomic E-state index is 12.0. The molecular weight excluding hydrogens is 214 g/mol. The standard InChI is InChI=1S/C13H13N3O/c17-13(15-16-7-3-4-8-16)12-9-10-5-1-2-6-11(10)14-12/h1-8,12,14H,9H2,(H,15,17). The molecule has 4 heteroatoms. The summed E-state index contributed by atoms with van der Waals surface area (Å²) in [6, 6.07) is 11.6. The van der Waals surface area contributed by atoms with E-state index in [2.05, 4.69) is 10.7 Å². The van der Waals surface area contributed by atoms with Gasteiger partial charge in [-0.25, -0.2) is 0 Å². The fourth-order valence-corrected chi connectivity index (χ4v) is 2.07. The minimum atomic E-state index is -0.185. The SMILES string of the molecule is O=C(Nn1cccc1)C1Cc2ccccc2N1. The fourth-order valence-electron chi connectivity index (χ4n) is 2.07. The average Bonchev–Trinajstić information content (AvgIpc) is 2.96. The average molecular weight is 227 g/mol. The molecule has 0 saturated heterocycles. The molecule has 86 valence electrons. The van der Waals surface area contributed by atoms with Crippen LogP contribution in [0.4, 0.5) is 5.69 Å². The van der Waals surface area contributed by atoms with Crippen molar-refractivity contribution in [2.75, 3.05) is 10.7 Å². The zero-order valence-electron chi connectivity index (χ0n) is 9.26. The summed E-state index contributed by atoms with van der Waals surface area (Å²) in [4.78, 5) is 12.0. The molecule has 1 unspecified atom stereocenters. The van der Waals surface area contributed by atoms with Crippen molar-refractivity contribution in [2.45, 2.75) is 12.5 Å². The number of aromatic nitrogens is 1. The van der Waals surface area contributed by atoms with Crippen molar-refractivity contribution < 1.29 is 4.79 Å². The van der Waals surface area contributed by atoms with Gasteiger partial charge in [-0.1, -0.05) is 18.2 Å². The Balaban J connectivity index is 1.70. The van der Waals surface area contributed by atoms with E-state index in [1.807, 2.05) is 36.4 Å². The maximum Gasteiger partial charge on any atom is 0.261 e. The van der Waals surface area contributed by atoms with Gasteiger partial charge in [-0.3, -0.25) is 14.9 Å². The van der Waals surface area contributed by atoms with Gasteiger partial charge >= 0.3 is 0 Å². The third-order valence-electron chi connectivity index (χ3n) is 2.93. The fraction of sp³-hybridized carbons (Fsp3) is 0.154. The van der Waals surface area contributed by atoms with E-state index in [0.29, 0.717) is 0 Å². The molecule has 0 fully saturated rings. The summed E-state index contributed by atoms with van der Waals surface area (Å²) in [7, 11) is 0. The molecule has 0 spiro atoms. The molecule has 1 aromatic heterocycles. The minimum Gasteiger partial charge on any atom is -0.373 e. The van der Waals surface area contributed by atoms with Gasteiger partial charge in [0, 0.05) is 24.5 Å². The van der Waals surface area contributed by atoms with Crippen LogP contribution in [0.3, 0.4) is 0 Å². The number of amides is 1. The molecule has 0 bridgehead atoms. The van der Waals surface area contributed by atoms with Gasteiger partial charge < -0.3 is 5.32 Å². The summed E-state index contributed by atoms with van der Waals surface area (Å²) in [5.41, 5.74) is 5.06. The highest BCUT2D eigenvalue weighted by Gasteiger charge is 2.26. The first-order valence-corrected chi connectivity index (χ1v) is 5.61. The van der Waals surface area contributed by atoms with Gasteiger partial charge in [-0.15, -0.1) is 0 Å². The van der Waals surface area contributed by atoms with E-state index < -0.39 is 0 Å². The summed E-state index contributed by atoms with van der Waals surface area (Å²) < 4.78 is 1.66. The van der Waals surface area contributed by atoms with Crippen molar-refractivity contribution in [3.63, 3.8) is 0 Å². The number of para-hydroxylation sites is 1. The molecule has 4 nitrogen and oxygen atoms in total. The third kappa shape index (κ3) is 1.89. The molecular formula is C13H13N3O. The van der Waals surface area contributed by atoms with Crippen LogP contribution in [-0.2, 0) is 11.2 Å². The summed E-state index contributed by atoms with van der Waals surface area (Å²) >= 11 is 0. The minimum absolute atomic E-state index is 0.0163. The van der Waals surface area contributed by atoms with E-state index in [9.17, 15) is 4.79 Å². The first-order valence-electron chi connectivity index (χ1n) is 5.61. The van der Waals surface area contributed by atoms with Gasteiger partial charge in [0.05, 0.1) is 0 Å². The lowest BCUT2D eigenvalue weighted by molar-refractivity contribution is -0.117. The Morgan fingerprint density at radius 3 is 2.76 bits per heavy atom. The largest absolute Gasteiger partial charge is 0.373 e. The van der Waals surface area contributed by atoms with Crippen LogP contribution in [0.15, 0.2) is 48.8 Å². The van der Waals surface area contributed by atoms with E-state index in [1.165, 1.54) is 5.56 Å². The molecule has 17 heavy (non-hydrogen) atoms. The highest BCUT2D eigenvalue weighted by molar-refractivity contribution is 5.93. The lowest BCUT2D eigenvalue weighted by Gasteiger charge is -2.12. The van der Waals surface area contributed by atoms with Crippen LogP contribution in [-0.4, -0.2) is 16.6 Å². The molecule has 1 aliphatic heterocycles. The highest BCUT2D eigenvalue weighted by Crippen LogP contribution is 2.25. The number of carbonyl (C=O) groups is 1. The van der Waals surface area contributed by atoms with E-state index in [0.717, 1.165) is 12.1 Å². The predicted molar refractivity (Wildman–Crippen MR) is 66.4 cm³/mol. The number of hydrogen-bond acceptors (Lipinski definition) is 2. The van der Waals surface area contributed by atoms with Gasteiger partial charge in [-0.05, 0) is 23.8 Å². The van der Waals surface area contributed by atoms with Gasteiger partial charge in [0.1, 0.15) is 6.04 Å². The van der Waals surface area contributed by atoms with Crippen molar-refractivity contribution in [2.24, 2.45) is 0 Å². The zero-order chi connectivity index (χ0) is 11.7. The lowest BCUT2D eigenvalue weighted by Crippen LogP contribution is -2.36. The van der Waals surface area contributed by atoms with Crippen LogP contribution in [0.5, 0.6) is 0 Å². The van der Waals surface area contributed by atoms with E-state index in [1.54, 1.807) is 17.1 Å². The summed E-state index contributed by atoms with van der Waals surface area (Å²) in [5.74, 6) is -0.0163. The lowest BCUT2D eigenvalue weighted by atomic mass is 10.1. The van der Waals surface area contributed by atoms with Crippen LogP contribution in [0.25, 0.3) is 0 Å². The second-order valence-electron chi connectivity index (χ2n) is 4.12. The predicted octanol–water partition coefficient (Wildman–Crippen LogP) is 1.59. The first kappa shape index (κ1) is 9.96. The Hall–Kier alpha value is -2.23. The van der Waals surface area contributed by atoms with Crippen molar-refractivity contribution in [1.29, 1.82) is 0 Å². The number of anilines is 1. The Kier molecular flexibility index (Phi) is 2.33. The van der Waals surface area contributed by atoms with Gasteiger partial charge in [-0.2, -0.15) is 0 Å². The van der Waals surface area contributed by atoms with Crippen molar-refractivity contribution >= 4 is 11.6 Å². The van der Waals surface area contributed by atoms with Crippen LogP contribution in [0, 0.1) is 0 Å². The number of fused-ring (bicyclic) bond motifs is 1. The molecule has 0 saturated carbocycles. The van der Waals surface area contributed by atoms with Crippen LogP contribution in [0.1, 0.15) is 5.56 Å². The Morgan fingerprint density at radius 2 is 2.00 bits per heavy atom. The summed E-state index contributed by atoms with van der Waals surface area (Å²) in [5, 5.41) is 3.22. The van der Waals surface area contributed by atoms with Crippen LogP contribution < -0.4 is 10.7 Å². The van der Waals surface area contributed by atoms with Crippen molar-refractivity contribution in [1.82, 2.24) is 4.68 Å². The van der Waals surface area contributed by atoms with Crippen LogP contribution >= 0.6 is 0 Å². The van der Waals surface area contributed by atoms with Gasteiger partial charge in [0.15, 0.2) is 0 Å². The molecule has 1 aliphatic rings. The number of carbonyl (C=O) groups excluding carboxylic acids is 1. The molecule has 1 atom stereocenters. The van der Waals surface area contributed by atoms with E-state index in [-0.39, 0.29) is 11.9 Å². The molecule has 0 aliphatic carbocycles. The molecule has 1 amide bonds. The highest BCUT2D eigenvalue weighted by atomic mass is 16.2. The van der Waals surface area contributed by atoms with Gasteiger partial charge in [0.25, 0.3) is 5.91 Å². The van der Waals surface area contributed by atoms with Crippen LogP contribution in [0.2, 0.25) is 0 Å². The van der Waals surface area contributed by atoms with E-state index >= 15 is 0 Å². The zero-order valence-corrected chi connectivity index (χ0v) is 9.26. The van der Waals surface area contributed by atoms with Crippen molar-refractivity contribution in [3.8, 4) is 0 Å². The number of hydrogen-bond donors (Lipinski definition) is 2.